The molecule has 2 saturated heterocycles. The van der Waals surface area contributed by atoms with Crippen LogP contribution in [0.5, 0.6) is 0 Å². The summed E-state index contributed by atoms with van der Waals surface area (Å²) >= 11 is 0. The van der Waals surface area contributed by atoms with E-state index in [1.807, 2.05) is 0 Å². The SMILES string of the molecule is CC[C@H](C)[C@@H]1NC(=O)[C@H](CC(F)(F)F)N(C)C(=O)C[C@@H](C(=O)N(C)C)N(C)C(=O)[C@H](C2CCCC2)N(C)C(=O)C2(CC(C)(C)C2)NC(=O)[C@@H]2CC(F)(F)CN2C(=O)[C@H](CCC2CC(F)C(C(F)(F)F)C(F)C2)NC(=O)CN(C)C(=O)[C@H](CC2CCC(C(F)(F)F)CC2)N2CC/C=C\C[C@@H](C2=O)N(C)C(=O)CN(C)C1=O. The van der Waals surface area contributed by atoms with Gasteiger partial charge in [-0.2, -0.15) is 39.5 Å². The zero-order valence-electron chi connectivity index (χ0n) is 64.4. The number of carbonyl (C=O) groups is 12. The highest BCUT2D eigenvalue weighted by Gasteiger charge is 2.61. The van der Waals surface area contributed by atoms with E-state index in [1.54, 1.807) is 32.9 Å². The normalized spacial score (nSPS) is 32.0. The lowest BCUT2D eigenvalue weighted by Gasteiger charge is -2.54. The topological polar surface area (TPSA) is 270 Å². The molecule has 0 aromatic carbocycles. The molecule has 3 aliphatic heterocycles. The van der Waals surface area contributed by atoms with Crippen LogP contribution >= 0.6 is 0 Å². The van der Waals surface area contributed by atoms with Gasteiger partial charge in [-0.25, -0.2) is 17.6 Å². The molecule has 4 aliphatic carbocycles. The van der Waals surface area contributed by atoms with Gasteiger partial charge in [0.05, 0.1) is 38.4 Å². The van der Waals surface area contributed by atoms with E-state index in [0.29, 0.717) is 22.6 Å². The average Bonchev–Trinajstić information content (AvgIpc) is 1.01. The molecule has 4 saturated carbocycles. The van der Waals surface area contributed by atoms with Crippen molar-refractivity contribution in [3.8, 4) is 0 Å². The van der Waals surface area contributed by atoms with Crippen LogP contribution in [0.1, 0.15) is 163 Å². The molecule has 0 aromatic rings. The van der Waals surface area contributed by atoms with Crippen molar-refractivity contribution in [2.24, 2.45) is 40.9 Å². The maximum absolute atomic E-state index is 16.2. The van der Waals surface area contributed by atoms with Crippen molar-refractivity contribution >= 4 is 70.9 Å². The summed E-state index contributed by atoms with van der Waals surface area (Å²) < 4.78 is 192. The Bertz CT molecular complexity index is 3380. The Labute approximate surface area is 632 Å². The average molecular weight is 1590 g/mol. The van der Waals surface area contributed by atoms with Gasteiger partial charge in [0, 0.05) is 69.3 Å². The van der Waals surface area contributed by atoms with Gasteiger partial charge in [0.25, 0.3) is 5.92 Å². The quantitative estimate of drug-likeness (QED) is 0.146. The molecule has 110 heavy (non-hydrogen) atoms. The molecule has 1 spiro atoms. The molecule has 7 rings (SSSR count). The smallest absolute Gasteiger partial charge is 0.347 e. The standard InChI is InChI=1S/C73H107F13N12O12/c1-13-40(2)57-65(108)92(8)36-55(101)93(9)48-21-15-14-18-28-97(64(48)107)50(31-41-22-25-44(26-23-41)72(81,82)83)63(106)91(7)35-53(99)87-47(27-24-42-29-45(74)56(46(75)30-42)73(84,85)86)61(104)98-39-70(76,77)33-52(98)60(103)89-69(37-68(3,4)38-69)67(110)96(12)58(43-19-16-17-20-43)66(109)95(11)49(62(105)90(5)6)32-54(100)94(10)51(59(102)88-57)34-71(78,79)80/h14-15,40-52,56-58H,13,16-39H2,1-12H3,(H,87,99)(H,88,102)(H,89,103)/b15-14-/t40-,41?,42?,44?,45?,46?,47-,48-,49-,50-,51-,52-,56?,57-,58-/m0/s1. The zero-order chi connectivity index (χ0) is 82.6. The van der Waals surface area contributed by atoms with Crippen LogP contribution in [-0.2, 0) is 57.5 Å². The first kappa shape index (κ1) is 89.7. The van der Waals surface area contributed by atoms with E-state index in [1.165, 1.54) is 35.1 Å². The fraction of sp³-hybridized carbons (Fsp3) is 0.808. The van der Waals surface area contributed by atoms with Gasteiger partial charge < -0.3 is 60.0 Å². The minimum absolute atomic E-state index is 0.0450. The van der Waals surface area contributed by atoms with Crippen molar-refractivity contribution in [2.75, 3.05) is 82.6 Å². The molecule has 0 aromatic heterocycles. The second kappa shape index (κ2) is 35.7. The summed E-state index contributed by atoms with van der Waals surface area (Å²) in [5.41, 5.74) is -2.88. The van der Waals surface area contributed by atoms with Crippen LogP contribution in [0.2, 0.25) is 0 Å². The van der Waals surface area contributed by atoms with E-state index >= 15 is 46.3 Å². The van der Waals surface area contributed by atoms with E-state index in [-0.39, 0.29) is 83.6 Å². The lowest BCUT2D eigenvalue weighted by molar-refractivity contribution is -0.219. The molecule has 12 amide bonds. The number of likely N-dealkylation sites (N-methyl/N-ethyl adjacent to an activating group) is 7. The van der Waals surface area contributed by atoms with Crippen LogP contribution in [0.4, 0.5) is 57.1 Å². The molecule has 622 valence electrons. The molecule has 7 aliphatic rings. The summed E-state index contributed by atoms with van der Waals surface area (Å²) in [4.78, 5) is 186. The maximum Gasteiger partial charge on any atom is 0.397 e. The molecule has 3 N–H and O–H groups in total. The number of alkyl halides is 13. The number of halogens is 13. The first-order valence-electron chi connectivity index (χ1n) is 37.6. The number of carbonyl (C=O) groups excluding carboxylic acids is 12. The Balaban J connectivity index is 1.34. The van der Waals surface area contributed by atoms with Gasteiger partial charge in [0.15, 0.2) is 0 Å². The first-order valence-corrected chi connectivity index (χ1v) is 37.6. The van der Waals surface area contributed by atoms with Crippen molar-refractivity contribution in [3.63, 3.8) is 0 Å². The number of fused-ring (bicyclic) bond motifs is 3. The Hall–Kier alpha value is -7.53. The number of hydrogen-bond donors (Lipinski definition) is 3. The number of nitrogens with zero attached hydrogens (tertiary/aromatic N) is 9. The summed E-state index contributed by atoms with van der Waals surface area (Å²) in [7, 11) is 9.02. The van der Waals surface area contributed by atoms with Crippen LogP contribution in [0.15, 0.2) is 12.2 Å². The minimum Gasteiger partial charge on any atom is -0.347 e. The minimum atomic E-state index is -5.31. The van der Waals surface area contributed by atoms with E-state index in [4.69, 9.17) is 0 Å². The van der Waals surface area contributed by atoms with Crippen LogP contribution < -0.4 is 16.0 Å². The van der Waals surface area contributed by atoms with Gasteiger partial charge in [-0.3, -0.25) is 57.5 Å². The number of amides is 12. The van der Waals surface area contributed by atoms with Crippen molar-refractivity contribution in [3.05, 3.63) is 12.2 Å². The Morgan fingerprint density at radius 2 is 1.23 bits per heavy atom. The predicted molar refractivity (Wildman–Crippen MR) is 371 cm³/mol. The van der Waals surface area contributed by atoms with E-state index in [9.17, 15) is 68.3 Å². The third-order valence-electron chi connectivity index (χ3n) is 23.6. The monoisotopic (exact) mass is 1590 g/mol. The summed E-state index contributed by atoms with van der Waals surface area (Å²) in [6, 6.07) is -15.0. The van der Waals surface area contributed by atoms with Gasteiger partial charge in [0.2, 0.25) is 70.9 Å². The van der Waals surface area contributed by atoms with Crippen molar-refractivity contribution < 1.29 is 115 Å². The van der Waals surface area contributed by atoms with Gasteiger partial charge in [-0.15, -0.1) is 0 Å². The van der Waals surface area contributed by atoms with Crippen LogP contribution in [0, 0.1) is 40.9 Å². The largest absolute Gasteiger partial charge is 0.397 e. The Kier molecular flexibility index (Phi) is 29.1. The lowest BCUT2D eigenvalue weighted by atomic mass is 9.58. The molecule has 2 unspecified atom stereocenters. The van der Waals surface area contributed by atoms with Crippen LogP contribution in [0.25, 0.3) is 0 Å². The van der Waals surface area contributed by atoms with Crippen molar-refractivity contribution in [2.45, 2.75) is 253 Å². The molecule has 11 atom stereocenters. The Morgan fingerprint density at radius 1 is 0.636 bits per heavy atom. The molecule has 24 nitrogen and oxygen atoms in total. The lowest BCUT2D eigenvalue weighted by Crippen LogP contribution is -2.71. The van der Waals surface area contributed by atoms with E-state index in [0.717, 1.165) is 62.5 Å². The second-order valence-corrected chi connectivity index (χ2v) is 32.7. The Morgan fingerprint density at radius 3 is 1.77 bits per heavy atom. The maximum atomic E-state index is 16.2. The summed E-state index contributed by atoms with van der Waals surface area (Å²) in [6.07, 6.45) is -25.4. The van der Waals surface area contributed by atoms with Crippen molar-refractivity contribution in [1.82, 2.24) is 60.0 Å². The third kappa shape index (κ3) is 21.6. The highest BCUT2D eigenvalue weighted by molar-refractivity contribution is 6.01. The van der Waals surface area contributed by atoms with Gasteiger partial charge in [-0.1, -0.05) is 59.1 Å². The van der Waals surface area contributed by atoms with Crippen LogP contribution in [0.3, 0.4) is 0 Å². The summed E-state index contributed by atoms with van der Waals surface area (Å²) in [6.45, 7) is 2.66. The van der Waals surface area contributed by atoms with Gasteiger partial charge in [0.1, 0.15) is 72.1 Å². The molecule has 37 heteroatoms. The van der Waals surface area contributed by atoms with Gasteiger partial charge in [-0.05, 0) is 125 Å². The fourth-order valence-corrected chi connectivity index (χ4v) is 17.3. The second-order valence-electron chi connectivity index (χ2n) is 32.7. The first-order chi connectivity index (χ1) is 50.8. The van der Waals surface area contributed by atoms with Gasteiger partial charge >= 0.3 is 18.5 Å². The number of nitrogens with one attached hydrogen (secondary N) is 3. The summed E-state index contributed by atoms with van der Waals surface area (Å²) in [5.74, 6) is -25.9. The van der Waals surface area contributed by atoms with E-state index < -0.39 is 267 Å². The van der Waals surface area contributed by atoms with Crippen molar-refractivity contribution in [1.29, 1.82) is 0 Å². The van der Waals surface area contributed by atoms with Crippen LogP contribution in [-0.4, -0.2) is 288 Å². The molecule has 2 bridgehead atoms. The molecular formula is C73H107F13N12O12. The molecular weight excluding hydrogens is 1480 g/mol. The van der Waals surface area contributed by atoms with E-state index in [2.05, 4.69) is 16.0 Å². The zero-order valence-corrected chi connectivity index (χ0v) is 64.4. The highest BCUT2D eigenvalue weighted by atomic mass is 19.4. The molecule has 3 heterocycles. The highest BCUT2D eigenvalue weighted by Crippen LogP contribution is 2.51. The summed E-state index contributed by atoms with van der Waals surface area (Å²) in [5, 5.41) is 7.32. The predicted octanol–water partition coefficient (Wildman–Crippen LogP) is 7.12. The number of rotatable bonds is 10. The molecule has 0 radical (unpaired) electrons. The fourth-order valence-electron chi connectivity index (χ4n) is 17.3. The molecule has 6 fully saturated rings. The third-order valence-corrected chi connectivity index (χ3v) is 23.6. The number of hydrogen-bond acceptors (Lipinski definition) is 12.